The molecule has 6 heteroatoms. The minimum absolute atomic E-state index is 0.238. The van der Waals surface area contributed by atoms with Gasteiger partial charge in [-0.15, -0.1) is 23.5 Å². The molecule has 3 nitrogen and oxygen atoms in total. The first kappa shape index (κ1) is 12.1. The van der Waals surface area contributed by atoms with Gasteiger partial charge in [0, 0.05) is 0 Å². The Bertz CT molecular complexity index is 224. The molecule has 0 aliphatic carbocycles. The second-order valence-electron chi connectivity index (χ2n) is 2.86. The van der Waals surface area contributed by atoms with Gasteiger partial charge in [-0.25, -0.2) is 0 Å². The number of hydrogen-bond acceptors (Lipinski definition) is 4. The smallest absolute Gasteiger partial charge is 0.184 e. The summed E-state index contributed by atoms with van der Waals surface area (Å²) in [7, 11) is 0. The van der Waals surface area contributed by atoms with Gasteiger partial charge in [0.2, 0.25) is 0 Å². The summed E-state index contributed by atoms with van der Waals surface area (Å²) in [6.45, 7) is 2.11. The molecule has 0 atom stereocenters. The lowest BCUT2D eigenvalue weighted by Crippen LogP contribution is -2.28. The zero-order chi connectivity index (χ0) is 10.4. The van der Waals surface area contributed by atoms with Crippen LogP contribution in [0, 0.1) is 0 Å². The standard InChI is InChI=1S/C8H15N3S3/c1-2-6(10-11-8(9)12)7-13-4-3-5-14-7/h7H,2-5H2,1H3,(H3,9,11,12)/b10-6-. The third-order valence-electron chi connectivity index (χ3n) is 1.77. The Morgan fingerprint density at radius 2 is 2.21 bits per heavy atom. The van der Waals surface area contributed by atoms with Crippen molar-refractivity contribution in [2.75, 3.05) is 11.5 Å². The molecular formula is C8H15N3S3. The summed E-state index contributed by atoms with van der Waals surface area (Å²) < 4.78 is 0.482. The van der Waals surface area contributed by atoms with Gasteiger partial charge >= 0.3 is 0 Å². The van der Waals surface area contributed by atoms with E-state index in [1.807, 2.05) is 23.5 Å². The van der Waals surface area contributed by atoms with Gasteiger partial charge in [0.15, 0.2) is 5.11 Å². The number of nitrogens with one attached hydrogen (secondary N) is 1. The molecular weight excluding hydrogens is 234 g/mol. The zero-order valence-electron chi connectivity index (χ0n) is 8.16. The van der Waals surface area contributed by atoms with Crippen LogP contribution < -0.4 is 11.2 Å². The Morgan fingerprint density at radius 3 is 2.71 bits per heavy atom. The van der Waals surface area contributed by atoms with Gasteiger partial charge in [0.25, 0.3) is 0 Å². The minimum atomic E-state index is 0.238. The molecule has 0 amide bonds. The van der Waals surface area contributed by atoms with Crippen LogP contribution in [-0.4, -0.2) is 26.9 Å². The first-order chi connectivity index (χ1) is 6.74. The molecule has 14 heavy (non-hydrogen) atoms. The monoisotopic (exact) mass is 249 g/mol. The fourth-order valence-electron chi connectivity index (χ4n) is 1.11. The normalized spacial score (nSPS) is 19.4. The molecule has 0 aromatic rings. The molecule has 0 aromatic carbocycles. The van der Waals surface area contributed by atoms with Crippen molar-refractivity contribution in [3.63, 3.8) is 0 Å². The molecule has 0 aromatic heterocycles. The van der Waals surface area contributed by atoms with Gasteiger partial charge in [0.1, 0.15) is 0 Å². The van der Waals surface area contributed by atoms with Crippen molar-refractivity contribution in [1.29, 1.82) is 0 Å². The molecule has 1 saturated heterocycles. The topological polar surface area (TPSA) is 50.4 Å². The molecule has 0 bridgehead atoms. The highest BCUT2D eigenvalue weighted by atomic mass is 32.2. The lowest BCUT2D eigenvalue weighted by molar-refractivity contribution is 1.00. The second-order valence-corrected chi connectivity index (χ2v) is 6.02. The van der Waals surface area contributed by atoms with E-state index in [-0.39, 0.29) is 5.11 Å². The quantitative estimate of drug-likeness (QED) is 0.454. The van der Waals surface area contributed by atoms with Crippen molar-refractivity contribution in [2.45, 2.75) is 24.3 Å². The average molecular weight is 249 g/mol. The molecule has 0 radical (unpaired) electrons. The van der Waals surface area contributed by atoms with Gasteiger partial charge in [-0.05, 0) is 36.6 Å². The SMILES string of the molecule is CC/C(=N/NC(N)=S)C1SCCCS1. The Labute approximate surface area is 98.6 Å². The van der Waals surface area contributed by atoms with Crippen molar-refractivity contribution in [3.8, 4) is 0 Å². The van der Waals surface area contributed by atoms with Crippen LogP contribution in [0.25, 0.3) is 0 Å². The number of hydrogen-bond donors (Lipinski definition) is 2. The number of nitrogens with two attached hydrogens (primary N) is 1. The molecule has 1 heterocycles. The summed E-state index contributed by atoms with van der Waals surface area (Å²) >= 11 is 8.62. The zero-order valence-corrected chi connectivity index (χ0v) is 10.6. The third-order valence-corrected chi connectivity index (χ3v) is 4.88. The maximum atomic E-state index is 5.32. The number of nitrogens with zero attached hydrogens (tertiary/aromatic N) is 1. The Balaban J connectivity index is 2.50. The fraction of sp³-hybridized carbons (Fsp3) is 0.750. The van der Waals surface area contributed by atoms with E-state index in [2.05, 4.69) is 17.5 Å². The lowest BCUT2D eigenvalue weighted by Gasteiger charge is -2.21. The van der Waals surface area contributed by atoms with Crippen LogP contribution in [0.5, 0.6) is 0 Å². The highest BCUT2D eigenvalue weighted by molar-refractivity contribution is 8.18. The van der Waals surface area contributed by atoms with Gasteiger partial charge in [-0.3, -0.25) is 5.43 Å². The van der Waals surface area contributed by atoms with Crippen LogP contribution in [0.4, 0.5) is 0 Å². The van der Waals surface area contributed by atoms with E-state index < -0.39 is 0 Å². The molecule has 1 aliphatic rings. The fourth-order valence-corrected chi connectivity index (χ4v) is 4.17. The summed E-state index contributed by atoms with van der Waals surface area (Å²) in [4.78, 5) is 0. The molecule has 3 N–H and O–H groups in total. The number of thiocarbonyl (C=S) groups is 1. The van der Waals surface area contributed by atoms with Crippen LogP contribution in [-0.2, 0) is 0 Å². The second kappa shape index (κ2) is 6.53. The maximum absolute atomic E-state index is 5.32. The van der Waals surface area contributed by atoms with E-state index in [1.165, 1.54) is 17.9 Å². The van der Waals surface area contributed by atoms with Crippen molar-refractivity contribution in [1.82, 2.24) is 5.43 Å². The van der Waals surface area contributed by atoms with Crippen molar-refractivity contribution in [2.24, 2.45) is 10.8 Å². The van der Waals surface area contributed by atoms with E-state index in [0.29, 0.717) is 4.58 Å². The van der Waals surface area contributed by atoms with Crippen molar-refractivity contribution >= 4 is 46.6 Å². The van der Waals surface area contributed by atoms with E-state index in [0.717, 1.165) is 12.1 Å². The highest BCUT2D eigenvalue weighted by Gasteiger charge is 2.19. The van der Waals surface area contributed by atoms with Crippen molar-refractivity contribution < 1.29 is 0 Å². The Hall–Kier alpha value is 0.0600. The average Bonchev–Trinajstić information content (AvgIpc) is 2.20. The molecule has 0 unspecified atom stereocenters. The summed E-state index contributed by atoms with van der Waals surface area (Å²) in [5, 5.41) is 4.46. The first-order valence-electron chi connectivity index (χ1n) is 4.59. The van der Waals surface area contributed by atoms with Crippen molar-refractivity contribution in [3.05, 3.63) is 0 Å². The van der Waals surface area contributed by atoms with E-state index in [9.17, 15) is 0 Å². The number of hydrazone groups is 1. The Morgan fingerprint density at radius 1 is 1.57 bits per heavy atom. The molecule has 1 aliphatic heterocycles. The van der Waals surface area contributed by atoms with Gasteiger partial charge in [-0.2, -0.15) is 5.10 Å². The summed E-state index contributed by atoms with van der Waals surface area (Å²) in [6.07, 6.45) is 2.24. The maximum Gasteiger partial charge on any atom is 0.184 e. The molecule has 1 fully saturated rings. The molecule has 1 rings (SSSR count). The van der Waals surface area contributed by atoms with E-state index in [1.54, 1.807) is 0 Å². The Kier molecular flexibility index (Phi) is 5.66. The van der Waals surface area contributed by atoms with Crippen LogP contribution in [0.3, 0.4) is 0 Å². The van der Waals surface area contributed by atoms with Crippen LogP contribution in [0.2, 0.25) is 0 Å². The number of rotatable bonds is 3. The van der Waals surface area contributed by atoms with Crippen LogP contribution in [0.15, 0.2) is 5.10 Å². The highest BCUT2D eigenvalue weighted by Crippen LogP contribution is 2.32. The van der Waals surface area contributed by atoms with Gasteiger partial charge < -0.3 is 5.73 Å². The third kappa shape index (κ3) is 4.06. The predicted molar refractivity (Wildman–Crippen MR) is 71.0 cm³/mol. The number of thioether (sulfide) groups is 2. The molecule has 80 valence electrons. The predicted octanol–water partition coefficient (Wildman–Crippen LogP) is 1.78. The summed E-state index contributed by atoms with van der Waals surface area (Å²) in [5.74, 6) is 2.45. The molecule has 0 saturated carbocycles. The van der Waals surface area contributed by atoms with E-state index >= 15 is 0 Å². The first-order valence-corrected chi connectivity index (χ1v) is 7.09. The van der Waals surface area contributed by atoms with Gasteiger partial charge in [-0.1, -0.05) is 6.92 Å². The van der Waals surface area contributed by atoms with Crippen LogP contribution >= 0.6 is 35.7 Å². The lowest BCUT2D eigenvalue weighted by atomic mass is 10.3. The van der Waals surface area contributed by atoms with Gasteiger partial charge in [0.05, 0.1) is 10.3 Å². The molecule has 0 spiro atoms. The largest absolute Gasteiger partial charge is 0.375 e. The summed E-state index contributed by atoms with van der Waals surface area (Å²) in [5.41, 5.74) is 9.13. The van der Waals surface area contributed by atoms with Crippen LogP contribution in [0.1, 0.15) is 19.8 Å². The summed E-state index contributed by atoms with van der Waals surface area (Å²) in [6, 6.07) is 0. The van der Waals surface area contributed by atoms with E-state index in [4.69, 9.17) is 18.0 Å². The minimum Gasteiger partial charge on any atom is -0.375 e.